The Hall–Kier alpha value is -1.82. The second kappa shape index (κ2) is 5.22. The van der Waals surface area contributed by atoms with E-state index in [1.165, 1.54) is 30.1 Å². The third-order valence-electron chi connectivity index (χ3n) is 2.40. The van der Waals surface area contributed by atoms with Crippen LogP contribution in [0.15, 0.2) is 27.8 Å². The standard InChI is InChI=1S/C12H12N2O3S/c1-7-8(2)17-10(14-7)6-18-11-5-9(12(15)16)3-4-13-11/h3-5H,6H2,1-2H3,(H,15,16). The molecule has 0 spiro atoms. The minimum Gasteiger partial charge on any atom is -0.478 e. The Balaban J connectivity index is 2.06. The number of oxazole rings is 1. The van der Waals surface area contributed by atoms with Crippen molar-refractivity contribution in [1.29, 1.82) is 0 Å². The van der Waals surface area contributed by atoms with Gasteiger partial charge in [0.05, 0.1) is 22.0 Å². The van der Waals surface area contributed by atoms with Crippen molar-refractivity contribution in [3.63, 3.8) is 0 Å². The average molecular weight is 264 g/mol. The largest absolute Gasteiger partial charge is 0.478 e. The summed E-state index contributed by atoms with van der Waals surface area (Å²) in [6.07, 6.45) is 1.48. The van der Waals surface area contributed by atoms with Crippen LogP contribution >= 0.6 is 11.8 Å². The number of pyridine rings is 1. The predicted octanol–water partition coefficient (Wildman–Crippen LogP) is 2.68. The minimum absolute atomic E-state index is 0.229. The molecule has 18 heavy (non-hydrogen) atoms. The second-order valence-electron chi connectivity index (χ2n) is 3.73. The van der Waals surface area contributed by atoms with Gasteiger partial charge in [0.2, 0.25) is 5.89 Å². The second-order valence-corrected chi connectivity index (χ2v) is 4.72. The highest BCUT2D eigenvalue weighted by Crippen LogP contribution is 2.22. The molecule has 0 saturated heterocycles. The van der Waals surface area contributed by atoms with E-state index in [0.29, 0.717) is 16.7 Å². The van der Waals surface area contributed by atoms with E-state index in [1.807, 2.05) is 13.8 Å². The summed E-state index contributed by atoms with van der Waals surface area (Å²) in [5, 5.41) is 9.51. The SMILES string of the molecule is Cc1nc(CSc2cc(C(=O)O)ccn2)oc1C. The summed E-state index contributed by atoms with van der Waals surface area (Å²) in [6, 6.07) is 3.00. The zero-order valence-electron chi connectivity index (χ0n) is 10.0. The first-order valence-corrected chi connectivity index (χ1v) is 6.30. The lowest BCUT2D eigenvalue weighted by Gasteiger charge is -1.99. The Labute approximate surface area is 108 Å². The number of nitrogens with zero attached hydrogens (tertiary/aromatic N) is 2. The number of hydrogen-bond donors (Lipinski definition) is 1. The first-order chi connectivity index (χ1) is 8.56. The molecule has 2 aromatic heterocycles. The van der Waals surface area contributed by atoms with Crippen molar-refractivity contribution in [2.45, 2.75) is 24.6 Å². The van der Waals surface area contributed by atoms with E-state index in [9.17, 15) is 4.79 Å². The van der Waals surface area contributed by atoms with Crippen molar-refractivity contribution in [3.05, 3.63) is 41.2 Å². The summed E-state index contributed by atoms with van der Waals surface area (Å²) in [5.41, 5.74) is 1.10. The lowest BCUT2D eigenvalue weighted by Crippen LogP contribution is -1.96. The van der Waals surface area contributed by atoms with Crippen LogP contribution in [0.2, 0.25) is 0 Å². The molecule has 0 radical (unpaired) electrons. The van der Waals surface area contributed by atoms with Gasteiger partial charge in [-0.25, -0.2) is 14.8 Å². The molecule has 0 unspecified atom stereocenters. The zero-order chi connectivity index (χ0) is 13.1. The van der Waals surface area contributed by atoms with Gasteiger partial charge in [-0.3, -0.25) is 0 Å². The number of aryl methyl sites for hydroxylation is 2. The molecule has 0 amide bonds. The van der Waals surface area contributed by atoms with Crippen LogP contribution in [-0.2, 0) is 5.75 Å². The number of rotatable bonds is 4. The Morgan fingerprint density at radius 1 is 1.50 bits per heavy atom. The first-order valence-electron chi connectivity index (χ1n) is 5.31. The van der Waals surface area contributed by atoms with E-state index in [2.05, 4.69) is 9.97 Å². The Morgan fingerprint density at radius 2 is 2.28 bits per heavy atom. The fourth-order valence-electron chi connectivity index (χ4n) is 1.36. The first kappa shape index (κ1) is 12.6. The molecule has 0 aliphatic heterocycles. The molecule has 5 nitrogen and oxygen atoms in total. The maximum absolute atomic E-state index is 10.8. The van der Waals surface area contributed by atoms with Gasteiger partial charge in [-0.1, -0.05) is 11.8 Å². The van der Waals surface area contributed by atoms with Gasteiger partial charge in [0.25, 0.3) is 0 Å². The Kier molecular flexibility index (Phi) is 3.66. The highest BCUT2D eigenvalue weighted by molar-refractivity contribution is 7.98. The van der Waals surface area contributed by atoms with E-state index >= 15 is 0 Å². The molecule has 0 aliphatic carbocycles. The van der Waals surface area contributed by atoms with Crippen molar-refractivity contribution < 1.29 is 14.3 Å². The van der Waals surface area contributed by atoms with Crippen LogP contribution < -0.4 is 0 Å². The van der Waals surface area contributed by atoms with Crippen LogP contribution in [0.5, 0.6) is 0 Å². The molecule has 0 aromatic carbocycles. The summed E-state index contributed by atoms with van der Waals surface area (Å²) in [6.45, 7) is 3.75. The molecule has 0 saturated carbocycles. The third kappa shape index (κ3) is 2.89. The van der Waals surface area contributed by atoms with Crippen LogP contribution in [0, 0.1) is 13.8 Å². The van der Waals surface area contributed by atoms with Crippen LogP contribution in [0.25, 0.3) is 0 Å². The summed E-state index contributed by atoms with van der Waals surface area (Å²) < 4.78 is 5.44. The van der Waals surface area contributed by atoms with E-state index in [4.69, 9.17) is 9.52 Å². The van der Waals surface area contributed by atoms with Crippen LogP contribution in [-0.4, -0.2) is 21.0 Å². The molecule has 2 aromatic rings. The fourth-order valence-corrected chi connectivity index (χ4v) is 2.10. The Morgan fingerprint density at radius 3 is 2.89 bits per heavy atom. The van der Waals surface area contributed by atoms with Crippen LogP contribution in [0.4, 0.5) is 0 Å². The normalized spacial score (nSPS) is 10.6. The number of carboxylic acids is 1. The van der Waals surface area contributed by atoms with Crippen molar-refractivity contribution in [3.8, 4) is 0 Å². The molecule has 0 fully saturated rings. The highest BCUT2D eigenvalue weighted by Gasteiger charge is 2.08. The molecule has 0 atom stereocenters. The summed E-state index contributed by atoms with van der Waals surface area (Å²) in [4.78, 5) is 19.2. The summed E-state index contributed by atoms with van der Waals surface area (Å²) in [7, 11) is 0. The van der Waals surface area contributed by atoms with Gasteiger partial charge in [-0.15, -0.1) is 0 Å². The van der Waals surface area contributed by atoms with Gasteiger partial charge in [0.15, 0.2) is 0 Å². The lowest BCUT2D eigenvalue weighted by atomic mass is 10.3. The van der Waals surface area contributed by atoms with Crippen LogP contribution in [0.1, 0.15) is 27.7 Å². The van der Waals surface area contributed by atoms with E-state index in [0.717, 1.165) is 11.5 Å². The highest BCUT2D eigenvalue weighted by atomic mass is 32.2. The summed E-state index contributed by atoms with van der Waals surface area (Å²) >= 11 is 1.40. The van der Waals surface area contributed by atoms with E-state index in [1.54, 1.807) is 0 Å². The Bertz CT molecular complexity index is 561. The molecule has 2 heterocycles. The van der Waals surface area contributed by atoms with Gasteiger partial charge in [-0.2, -0.15) is 0 Å². The molecule has 1 N–H and O–H groups in total. The molecular formula is C12H12N2O3S. The molecular weight excluding hydrogens is 252 g/mol. The number of aromatic carboxylic acids is 1. The minimum atomic E-state index is -0.956. The average Bonchev–Trinajstić information content (AvgIpc) is 2.67. The van der Waals surface area contributed by atoms with Crippen LogP contribution in [0.3, 0.4) is 0 Å². The molecule has 0 bridgehead atoms. The van der Waals surface area contributed by atoms with Crippen molar-refractivity contribution in [1.82, 2.24) is 9.97 Å². The van der Waals surface area contributed by atoms with Crippen molar-refractivity contribution in [2.75, 3.05) is 0 Å². The third-order valence-corrected chi connectivity index (χ3v) is 3.31. The van der Waals surface area contributed by atoms with E-state index < -0.39 is 5.97 Å². The number of carboxylic acid groups (broad SMARTS) is 1. The van der Waals surface area contributed by atoms with E-state index in [-0.39, 0.29) is 5.56 Å². The molecule has 0 aliphatic rings. The smallest absolute Gasteiger partial charge is 0.335 e. The number of aromatic nitrogens is 2. The molecule has 2 rings (SSSR count). The topological polar surface area (TPSA) is 76.2 Å². The maximum atomic E-state index is 10.8. The van der Waals surface area contributed by atoms with Gasteiger partial charge >= 0.3 is 5.97 Å². The zero-order valence-corrected chi connectivity index (χ0v) is 10.8. The predicted molar refractivity (Wildman–Crippen MR) is 66.7 cm³/mol. The monoisotopic (exact) mass is 264 g/mol. The quantitative estimate of drug-likeness (QED) is 0.855. The number of hydrogen-bond acceptors (Lipinski definition) is 5. The summed E-state index contributed by atoms with van der Waals surface area (Å²) in [5.74, 6) is 1.00. The number of carbonyl (C=O) groups is 1. The fraction of sp³-hybridized carbons (Fsp3) is 0.250. The molecule has 94 valence electrons. The van der Waals surface area contributed by atoms with Gasteiger partial charge in [-0.05, 0) is 26.0 Å². The van der Waals surface area contributed by atoms with Gasteiger partial charge in [0.1, 0.15) is 5.76 Å². The van der Waals surface area contributed by atoms with Gasteiger partial charge in [0, 0.05) is 6.20 Å². The molecule has 6 heteroatoms. The van der Waals surface area contributed by atoms with Gasteiger partial charge < -0.3 is 9.52 Å². The maximum Gasteiger partial charge on any atom is 0.335 e. The van der Waals surface area contributed by atoms with Crippen molar-refractivity contribution >= 4 is 17.7 Å². The number of thioether (sulfide) groups is 1. The van der Waals surface area contributed by atoms with Crippen molar-refractivity contribution in [2.24, 2.45) is 0 Å². The lowest BCUT2D eigenvalue weighted by molar-refractivity contribution is 0.0696.